The maximum absolute atomic E-state index is 13.2. The van der Waals surface area contributed by atoms with Crippen LogP contribution in [0.3, 0.4) is 0 Å². The number of aliphatic hydroxyl groups is 1. The van der Waals surface area contributed by atoms with Crippen LogP contribution >= 0.6 is 0 Å². The number of amides is 1. The molecular weight excluding hydrogens is 378 g/mol. The van der Waals surface area contributed by atoms with Gasteiger partial charge in [0.05, 0.1) is 31.6 Å². The molecule has 4 rings (SSSR count). The van der Waals surface area contributed by atoms with Gasteiger partial charge in [-0.2, -0.15) is 0 Å². The summed E-state index contributed by atoms with van der Waals surface area (Å²) >= 11 is 0. The summed E-state index contributed by atoms with van der Waals surface area (Å²) in [5.41, 5.74) is 4.77. The lowest BCUT2D eigenvalue weighted by molar-refractivity contribution is 0.0930. The van der Waals surface area contributed by atoms with Gasteiger partial charge in [0.25, 0.3) is 5.91 Å². The van der Waals surface area contributed by atoms with E-state index in [0.717, 1.165) is 35.2 Å². The van der Waals surface area contributed by atoms with Crippen LogP contribution in [0.1, 0.15) is 46.1 Å². The van der Waals surface area contributed by atoms with Crippen LogP contribution in [0.5, 0.6) is 5.75 Å². The fourth-order valence-electron chi connectivity index (χ4n) is 3.67. The minimum atomic E-state index is -0.181. The summed E-state index contributed by atoms with van der Waals surface area (Å²) in [5.74, 6) is 0.836. The quantitative estimate of drug-likeness (QED) is 0.626. The van der Waals surface area contributed by atoms with Crippen molar-refractivity contribution in [3.8, 4) is 16.9 Å². The molecule has 6 heteroatoms. The molecule has 1 saturated carbocycles. The maximum atomic E-state index is 13.2. The van der Waals surface area contributed by atoms with Gasteiger partial charge in [-0.15, -0.1) is 0 Å². The zero-order chi connectivity index (χ0) is 21.1. The largest absolute Gasteiger partial charge is 0.494 e. The molecule has 0 aliphatic heterocycles. The molecule has 0 spiro atoms. The molecule has 1 aliphatic carbocycles. The number of carbonyl (C=O) groups is 1. The average molecular weight is 403 g/mol. The Labute approximate surface area is 176 Å². The molecule has 2 N–H and O–H groups in total. The van der Waals surface area contributed by atoms with Crippen molar-refractivity contribution in [2.24, 2.45) is 5.92 Å². The molecule has 0 radical (unpaired) electrons. The molecule has 0 saturated heterocycles. The normalized spacial score (nSPS) is 14.2. The van der Waals surface area contributed by atoms with Crippen LogP contribution in [0.4, 0.5) is 0 Å². The first-order chi connectivity index (χ1) is 14.6. The lowest BCUT2D eigenvalue weighted by atomic mass is 9.99. The van der Waals surface area contributed by atoms with Crippen molar-refractivity contribution in [2.45, 2.75) is 32.4 Å². The second kappa shape index (κ2) is 8.63. The van der Waals surface area contributed by atoms with Crippen LogP contribution < -0.4 is 10.1 Å². The van der Waals surface area contributed by atoms with Gasteiger partial charge in [-0.25, -0.2) is 0 Å². The van der Waals surface area contributed by atoms with Gasteiger partial charge in [0.1, 0.15) is 5.75 Å². The molecule has 1 amide bonds. The molecular formula is C24H25N3O3. The molecule has 30 heavy (non-hydrogen) atoms. The molecule has 1 atom stereocenters. The number of nitrogens with one attached hydrogen (secondary N) is 1. The number of hydrogen-bond donors (Lipinski definition) is 2. The Hall–Kier alpha value is -3.25. The maximum Gasteiger partial charge on any atom is 0.251 e. The van der Waals surface area contributed by atoms with Gasteiger partial charge in [-0.05, 0) is 78.8 Å². The highest BCUT2D eigenvalue weighted by Gasteiger charge is 2.34. The summed E-state index contributed by atoms with van der Waals surface area (Å²) in [6, 6.07) is 11.1. The second-order valence-electron chi connectivity index (χ2n) is 7.70. The number of rotatable bonds is 7. The molecule has 2 aromatic heterocycles. The van der Waals surface area contributed by atoms with E-state index in [0.29, 0.717) is 22.8 Å². The SMILES string of the molecule is COc1cnccc1-c1cc(CO)cc(C(=O)NC(c2cc(C)ccn2)C2CC2)c1. The Morgan fingerprint density at radius 1 is 1.23 bits per heavy atom. The number of methoxy groups -OCH3 is 1. The lowest BCUT2D eigenvalue weighted by Gasteiger charge is -2.19. The van der Waals surface area contributed by atoms with E-state index in [9.17, 15) is 9.90 Å². The van der Waals surface area contributed by atoms with Crippen LogP contribution in [0.15, 0.2) is 55.0 Å². The molecule has 1 aliphatic rings. The lowest BCUT2D eigenvalue weighted by Crippen LogP contribution is -2.30. The Balaban J connectivity index is 1.66. The first-order valence-electron chi connectivity index (χ1n) is 10.1. The summed E-state index contributed by atoms with van der Waals surface area (Å²) < 4.78 is 5.41. The van der Waals surface area contributed by atoms with Gasteiger partial charge in [0, 0.05) is 23.5 Å². The minimum absolute atomic E-state index is 0.117. The zero-order valence-electron chi connectivity index (χ0n) is 17.1. The highest BCUT2D eigenvalue weighted by Crippen LogP contribution is 2.40. The minimum Gasteiger partial charge on any atom is -0.494 e. The fourth-order valence-corrected chi connectivity index (χ4v) is 3.67. The number of hydrogen-bond acceptors (Lipinski definition) is 5. The zero-order valence-corrected chi connectivity index (χ0v) is 17.1. The number of benzene rings is 1. The highest BCUT2D eigenvalue weighted by atomic mass is 16.5. The summed E-state index contributed by atoms with van der Waals surface area (Å²) in [6.07, 6.45) is 7.25. The number of carbonyl (C=O) groups excluding carboxylic acids is 1. The number of aryl methyl sites for hydroxylation is 1. The predicted octanol–water partition coefficient (Wildman–Crippen LogP) is 3.83. The molecule has 6 nitrogen and oxygen atoms in total. The van der Waals surface area contributed by atoms with Crippen LogP contribution in [-0.4, -0.2) is 28.1 Å². The van der Waals surface area contributed by atoms with Crippen LogP contribution in [0.25, 0.3) is 11.1 Å². The van der Waals surface area contributed by atoms with Gasteiger partial charge in [-0.3, -0.25) is 14.8 Å². The van der Waals surface area contributed by atoms with Crippen molar-refractivity contribution in [1.82, 2.24) is 15.3 Å². The third-order valence-corrected chi connectivity index (χ3v) is 5.39. The van der Waals surface area contributed by atoms with Gasteiger partial charge in [-0.1, -0.05) is 0 Å². The number of ether oxygens (including phenoxy) is 1. The van der Waals surface area contributed by atoms with Gasteiger partial charge < -0.3 is 15.2 Å². The van der Waals surface area contributed by atoms with Crippen molar-refractivity contribution in [3.05, 3.63) is 77.4 Å². The van der Waals surface area contributed by atoms with Crippen LogP contribution in [0.2, 0.25) is 0 Å². The number of aliphatic hydroxyl groups excluding tert-OH is 1. The number of pyridine rings is 2. The van der Waals surface area contributed by atoms with Gasteiger partial charge in [0.2, 0.25) is 0 Å². The van der Waals surface area contributed by atoms with Crippen molar-refractivity contribution in [1.29, 1.82) is 0 Å². The first kappa shape index (κ1) is 20.0. The molecule has 1 unspecified atom stereocenters. The number of nitrogens with zero attached hydrogens (tertiary/aromatic N) is 2. The van der Waals surface area contributed by atoms with E-state index in [4.69, 9.17) is 4.74 Å². The van der Waals surface area contributed by atoms with Crippen molar-refractivity contribution >= 4 is 5.91 Å². The Morgan fingerprint density at radius 3 is 2.77 bits per heavy atom. The van der Waals surface area contributed by atoms with E-state index in [-0.39, 0.29) is 18.6 Å². The molecule has 3 aromatic rings. The first-order valence-corrected chi connectivity index (χ1v) is 10.1. The smallest absolute Gasteiger partial charge is 0.251 e. The average Bonchev–Trinajstić information content (AvgIpc) is 3.62. The van der Waals surface area contributed by atoms with Crippen molar-refractivity contribution in [3.63, 3.8) is 0 Å². The summed E-state index contributed by atoms with van der Waals surface area (Å²) in [7, 11) is 1.58. The van der Waals surface area contributed by atoms with Gasteiger partial charge >= 0.3 is 0 Å². The van der Waals surface area contributed by atoms with Gasteiger partial charge in [0.15, 0.2) is 0 Å². The van der Waals surface area contributed by atoms with E-state index < -0.39 is 0 Å². The Morgan fingerprint density at radius 2 is 2.07 bits per heavy atom. The fraction of sp³-hybridized carbons (Fsp3) is 0.292. The molecule has 154 valence electrons. The molecule has 1 aromatic carbocycles. The second-order valence-corrected chi connectivity index (χ2v) is 7.70. The summed E-state index contributed by atoms with van der Waals surface area (Å²) in [4.78, 5) is 21.8. The molecule has 0 bridgehead atoms. The highest BCUT2D eigenvalue weighted by molar-refractivity contribution is 5.96. The van der Waals surface area contributed by atoms with Crippen LogP contribution in [-0.2, 0) is 6.61 Å². The standard InChI is InChI=1S/C24H25N3O3/c1-15-5-8-26-21(9-15)23(17-3-4-17)27-24(29)19-11-16(14-28)10-18(12-19)20-6-7-25-13-22(20)30-2/h5-13,17,23,28H,3-4,14H2,1-2H3,(H,27,29). The Kier molecular flexibility index (Phi) is 5.77. The van der Waals surface area contributed by atoms with Crippen LogP contribution in [0, 0.1) is 12.8 Å². The topological polar surface area (TPSA) is 84.3 Å². The number of aromatic nitrogens is 2. The third-order valence-electron chi connectivity index (χ3n) is 5.39. The van der Waals surface area contributed by atoms with E-state index in [1.165, 1.54) is 0 Å². The monoisotopic (exact) mass is 403 g/mol. The molecule has 1 fully saturated rings. The predicted molar refractivity (Wildman–Crippen MR) is 114 cm³/mol. The van der Waals surface area contributed by atoms with Crippen molar-refractivity contribution in [2.75, 3.05) is 7.11 Å². The van der Waals surface area contributed by atoms with Crippen molar-refractivity contribution < 1.29 is 14.6 Å². The molecule has 2 heterocycles. The summed E-state index contributed by atoms with van der Waals surface area (Å²) in [5, 5.41) is 12.9. The van der Waals surface area contributed by atoms with E-state index in [1.54, 1.807) is 31.8 Å². The van der Waals surface area contributed by atoms with E-state index >= 15 is 0 Å². The summed E-state index contributed by atoms with van der Waals surface area (Å²) in [6.45, 7) is 1.86. The Bertz CT molecular complexity index is 1060. The third kappa shape index (κ3) is 4.33. The van der Waals surface area contributed by atoms with E-state index in [1.807, 2.05) is 37.3 Å². The van der Waals surface area contributed by atoms with E-state index in [2.05, 4.69) is 15.3 Å².